The van der Waals surface area contributed by atoms with Gasteiger partial charge in [0.15, 0.2) is 5.03 Å². The van der Waals surface area contributed by atoms with Crippen molar-refractivity contribution >= 4 is 15.7 Å². The van der Waals surface area contributed by atoms with Crippen LogP contribution in [0.5, 0.6) is 0 Å². The first-order valence-corrected chi connectivity index (χ1v) is 9.59. The monoisotopic (exact) mass is 332 g/mol. The van der Waals surface area contributed by atoms with Gasteiger partial charge in [0.1, 0.15) is 0 Å². The fourth-order valence-electron chi connectivity index (χ4n) is 3.32. The molecule has 0 spiro atoms. The van der Waals surface area contributed by atoms with E-state index < -0.39 is 10.0 Å². The van der Waals surface area contributed by atoms with Crippen molar-refractivity contribution in [3.63, 3.8) is 0 Å². The van der Waals surface area contributed by atoms with Gasteiger partial charge in [-0.25, -0.2) is 0 Å². The van der Waals surface area contributed by atoms with Crippen LogP contribution < -0.4 is 4.31 Å². The number of rotatable bonds is 4. The highest BCUT2D eigenvalue weighted by Gasteiger charge is 2.32. The summed E-state index contributed by atoms with van der Waals surface area (Å²) in [4.78, 5) is 4.33. The predicted octanol–water partition coefficient (Wildman–Crippen LogP) is 2.22. The van der Waals surface area contributed by atoms with Gasteiger partial charge in [-0.3, -0.25) is 14.0 Å². The lowest BCUT2D eigenvalue weighted by molar-refractivity contribution is 0.258. The van der Waals surface area contributed by atoms with Crippen molar-refractivity contribution in [2.24, 2.45) is 5.92 Å². The average molecular weight is 332 g/mol. The lowest BCUT2D eigenvalue weighted by atomic mass is 9.85. The van der Waals surface area contributed by atoms with Gasteiger partial charge in [0, 0.05) is 19.3 Å². The van der Waals surface area contributed by atoms with Crippen molar-refractivity contribution < 1.29 is 8.42 Å². The molecule has 3 heterocycles. The maximum absolute atomic E-state index is 13.2. The van der Waals surface area contributed by atoms with Crippen LogP contribution in [0.2, 0.25) is 0 Å². The van der Waals surface area contributed by atoms with E-state index in [2.05, 4.69) is 10.1 Å². The smallest absolute Gasteiger partial charge is 0.263 e. The molecule has 122 valence electrons. The highest BCUT2D eigenvalue weighted by atomic mass is 32.2. The lowest BCUT2D eigenvalue weighted by Gasteiger charge is -2.30. The predicted molar refractivity (Wildman–Crippen MR) is 86.7 cm³/mol. The second kappa shape index (κ2) is 5.63. The van der Waals surface area contributed by atoms with Crippen LogP contribution >= 0.6 is 0 Å². The Morgan fingerprint density at radius 3 is 2.83 bits per heavy atom. The molecule has 2 aromatic rings. The van der Waals surface area contributed by atoms with Crippen LogP contribution in [0.4, 0.5) is 5.69 Å². The van der Waals surface area contributed by atoms with Crippen molar-refractivity contribution in [1.82, 2.24) is 14.8 Å². The number of hydrogen-bond donors (Lipinski definition) is 0. The fourth-order valence-corrected chi connectivity index (χ4v) is 4.96. The zero-order valence-electron chi connectivity index (χ0n) is 12.9. The van der Waals surface area contributed by atoms with Crippen LogP contribution in [0.25, 0.3) is 0 Å². The minimum Gasteiger partial charge on any atom is -0.263 e. The molecule has 0 amide bonds. The molecule has 0 unspecified atom stereocenters. The molecule has 6 nitrogen and oxygen atoms in total. The maximum atomic E-state index is 13.2. The molecule has 1 saturated carbocycles. The Morgan fingerprint density at radius 2 is 2.04 bits per heavy atom. The lowest BCUT2D eigenvalue weighted by Crippen LogP contribution is -2.37. The summed E-state index contributed by atoms with van der Waals surface area (Å²) >= 11 is 0. The molecule has 0 radical (unpaired) electrons. The van der Waals surface area contributed by atoms with Crippen molar-refractivity contribution in [2.45, 2.75) is 43.7 Å². The second-order valence-corrected chi connectivity index (χ2v) is 8.11. The number of aryl methyl sites for hydroxylation is 1. The summed E-state index contributed by atoms with van der Waals surface area (Å²) in [7, 11) is -3.60. The molecule has 2 aromatic heterocycles. The third-order valence-electron chi connectivity index (χ3n) is 4.80. The highest BCUT2D eigenvalue weighted by Crippen LogP contribution is 2.32. The van der Waals surface area contributed by atoms with Crippen LogP contribution in [-0.2, 0) is 23.0 Å². The Balaban J connectivity index is 1.70. The molecule has 1 aliphatic carbocycles. The molecule has 0 saturated heterocycles. The molecule has 0 bridgehead atoms. The van der Waals surface area contributed by atoms with E-state index in [1.165, 1.54) is 10.7 Å². The molecule has 0 N–H and O–H groups in total. The van der Waals surface area contributed by atoms with E-state index >= 15 is 0 Å². The Labute approximate surface area is 136 Å². The van der Waals surface area contributed by atoms with Gasteiger partial charge in [0.2, 0.25) is 0 Å². The van der Waals surface area contributed by atoms with E-state index in [4.69, 9.17) is 0 Å². The number of anilines is 1. The van der Waals surface area contributed by atoms with Gasteiger partial charge < -0.3 is 0 Å². The number of nitrogens with zero attached hydrogens (tertiary/aromatic N) is 4. The van der Waals surface area contributed by atoms with Crippen LogP contribution in [0.15, 0.2) is 35.6 Å². The molecule has 0 aromatic carbocycles. The van der Waals surface area contributed by atoms with E-state index in [1.54, 1.807) is 29.2 Å². The van der Waals surface area contributed by atoms with E-state index in [1.807, 2.05) is 6.07 Å². The molecule has 1 aliphatic heterocycles. The number of sulfonamides is 1. The molecule has 1 fully saturated rings. The summed E-state index contributed by atoms with van der Waals surface area (Å²) in [6, 6.07) is 5.24. The number of pyridine rings is 1. The second-order valence-electron chi connectivity index (χ2n) is 6.30. The Bertz CT molecular complexity index is 811. The summed E-state index contributed by atoms with van der Waals surface area (Å²) in [5.74, 6) is 0.555. The standard InChI is InChI=1S/C16H20N4O2S/c21-23(22,16-8-10-18-19(16)12-13-4-1-5-13)20-11-3-6-14-15(20)7-2-9-17-14/h2,7-10,13H,1,3-6,11-12H2. The van der Waals surface area contributed by atoms with Crippen LogP contribution in [-0.4, -0.2) is 29.7 Å². The summed E-state index contributed by atoms with van der Waals surface area (Å²) in [6.45, 7) is 1.19. The average Bonchev–Trinajstić information content (AvgIpc) is 2.99. The largest absolute Gasteiger partial charge is 0.281 e. The summed E-state index contributed by atoms with van der Waals surface area (Å²) in [5, 5.41) is 4.54. The maximum Gasteiger partial charge on any atom is 0.281 e. The quantitative estimate of drug-likeness (QED) is 0.861. The minimum absolute atomic E-state index is 0.293. The van der Waals surface area contributed by atoms with Crippen molar-refractivity contribution in [3.05, 3.63) is 36.3 Å². The van der Waals surface area contributed by atoms with E-state index in [0.717, 1.165) is 31.4 Å². The Kier molecular flexibility index (Phi) is 3.60. The van der Waals surface area contributed by atoms with Gasteiger partial charge in [0.25, 0.3) is 10.0 Å². The summed E-state index contributed by atoms with van der Waals surface area (Å²) < 4.78 is 29.5. The van der Waals surface area contributed by atoms with Gasteiger partial charge in [-0.2, -0.15) is 13.5 Å². The molecule has 0 atom stereocenters. The normalized spacial score (nSPS) is 18.5. The van der Waals surface area contributed by atoms with Gasteiger partial charge in [-0.05, 0) is 49.8 Å². The van der Waals surface area contributed by atoms with E-state index in [9.17, 15) is 8.42 Å². The third-order valence-corrected chi connectivity index (χ3v) is 6.63. The molecular formula is C16H20N4O2S. The molecular weight excluding hydrogens is 312 g/mol. The fraction of sp³-hybridized carbons (Fsp3) is 0.500. The summed E-state index contributed by atoms with van der Waals surface area (Å²) in [6.07, 6.45) is 8.48. The molecule has 4 rings (SSSR count). The van der Waals surface area contributed by atoms with Crippen LogP contribution in [0.1, 0.15) is 31.4 Å². The Morgan fingerprint density at radius 1 is 1.17 bits per heavy atom. The van der Waals surface area contributed by atoms with Gasteiger partial charge >= 0.3 is 0 Å². The molecule has 23 heavy (non-hydrogen) atoms. The third kappa shape index (κ3) is 2.52. The van der Waals surface area contributed by atoms with Crippen molar-refractivity contribution in [3.8, 4) is 0 Å². The zero-order valence-corrected chi connectivity index (χ0v) is 13.7. The number of aromatic nitrogens is 3. The zero-order chi connectivity index (χ0) is 15.9. The molecule has 2 aliphatic rings. The van der Waals surface area contributed by atoms with Crippen LogP contribution in [0, 0.1) is 5.92 Å². The highest BCUT2D eigenvalue weighted by molar-refractivity contribution is 7.92. The van der Waals surface area contributed by atoms with Crippen molar-refractivity contribution in [1.29, 1.82) is 0 Å². The van der Waals surface area contributed by atoms with Gasteiger partial charge in [-0.15, -0.1) is 0 Å². The van der Waals surface area contributed by atoms with E-state index in [0.29, 0.717) is 29.7 Å². The van der Waals surface area contributed by atoms with Gasteiger partial charge in [-0.1, -0.05) is 6.42 Å². The SMILES string of the molecule is O=S(=O)(c1ccnn1CC1CCC1)N1CCCc2ncccc21. The minimum atomic E-state index is -3.60. The summed E-state index contributed by atoms with van der Waals surface area (Å²) in [5.41, 5.74) is 1.56. The first-order chi connectivity index (χ1) is 11.2. The Hall–Kier alpha value is -1.89. The van der Waals surface area contributed by atoms with Crippen LogP contribution in [0.3, 0.4) is 0 Å². The first kappa shape index (κ1) is 14.7. The van der Waals surface area contributed by atoms with Gasteiger partial charge in [0.05, 0.1) is 17.6 Å². The topological polar surface area (TPSA) is 68.1 Å². The first-order valence-electron chi connectivity index (χ1n) is 8.15. The van der Waals surface area contributed by atoms with E-state index in [-0.39, 0.29) is 0 Å². The molecule has 7 heteroatoms. The van der Waals surface area contributed by atoms with Crippen molar-refractivity contribution in [2.75, 3.05) is 10.8 Å². The number of hydrogen-bond acceptors (Lipinski definition) is 4. The number of fused-ring (bicyclic) bond motifs is 1.